The lowest BCUT2D eigenvalue weighted by Gasteiger charge is -2.23. The molecule has 3 nitrogen and oxygen atoms in total. The molecule has 1 aliphatic rings. The summed E-state index contributed by atoms with van der Waals surface area (Å²) in [6.45, 7) is 5.26. The van der Waals surface area contributed by atoms with E-state index < -0.39 is 0 Å². The van der Waals surface area contributed by atoms with E-state index in [-0.39, 0.29) is 16.6 Å². The summed E-state index contributed by atoms with van der Waals surface area (Å²) < 4.78 is 5.45. The molecule has 1 aromatic rings. The van der Waals surface area contributed by atoms with Crippen molar-refractivity contribution in [2.75, 3.05) is 5.33 Å². The smallest absolute Gasteiger partial charge is 0.308 e. The lowest BCUT2D eigenvalue weighted by atomic mass is 9.85. The molecule has 1 aliphatic carbocycles. The number of alkyl halides is 2. The monoisotopic (exact) mass is 428 g/mol. The second-order valence-corrected chi connectivity index (χ2v) is 7.48. The number of benzene rings is 1. The van der Waals surface area contributed by atoms with Crippen molar-refractivity contribution in [3.05, 3.63) is 34.4 Å². The van der Waals surface area contributed by atoms with Crippen LogP contribution in [0.5, 0.6) is 5.75 Å². The highest BCUT2D eigenvalue weighted by Crippen LogP contribution is 2.37. The van der Waals surface area contributed by atoms with Crippen molar-refractivity contribution in [3.63, 3.8) is 0 Å². The van der Waals surface area contributed by atoms with E-state index in [2.05, 4.69) is 37.9 Å². The van der Waals surface area contributed by atoms with Gasteiger partial charge in [-0.25, -0.2) is 0 Å². The summed E-state index contributed by atoms with van der Waals surface area (Å²) >= 11 is 7.05. The van der Waals surface area contributed by atoms with Gasteiger partial charge in [0.1, 0.15) is 5.75 Å². The molecule has 5 heteroatoms. The van der Waals surface area contributed by atoms with Gasteiger partial charge in [0.05, 0.1) is 0 Å². The Morgan fingerprint density at radius 2 is 2.09 bits per heavy atom. The van der Waals surface area contributed by atoms with Gasteiger partial charge in [0.25, 0.3) is 0 Å². The van der Waals surface area contributed by atoms with Gasteiger partial charge in [0.15, 0.2) is 5.78 Å². The topological polar surface area (TPSA) is 43.4 Å². The molecule has 0 fully saturated rings. The SMILES string of the molecule is CC(=O)Oc1c(C[C@@H](Br)CBr)cc2c(c1C)CC(=O)C=C2C. The molecular formula is C17H18Br2O3. The quantitative estimate of drug-likeness (QED) is 0.410. The zero-order valence-electron chi connectivity index (χ0n) is 12.8. The Hall–Kier alpha value is -0.940. The van der Waals surface area contributed by atoms with Gasteiger partial charge in [-0.3, -0.25) is 9.59 Å². The number of hydrogen-bond acceptors (Lipinski definition) is 3. The van der Waals surface area contributed by atoms with E-state index in [4.69, 9.17) is 4.74 Å². The Labute approximate surface area is 147 Å². The normalized spacial score (nSPS) is 15.1. The van der Waals surface area contributed by atoms with E-state index in [1.54, 1.807) is 6.08 Å². The maximum atomic E-state index is 11.8. The predicted octanol–water partition coefficient (Wildman–Crippen LogP) is 4.15. The minimum atomic E-state index is -0.344. The van der Waals surface area contributed by atoms with Crippen LogP contribution < -0.4 is 4.74 Å². The number of ketones is 1. The summed E-state index contributed by atoms with van der Waals surface area (Å²) in [6, 6.07) is 2.05. The minimum absolute atomic E-state index is 0.0912. The molecule has 0 aromatic heterocycles. The van der Waals surface area contributed by atoms with Crippen LogP contribution in [0.1, 0.15) is 36.1 Å². The number of carbonyl (C=O) groups excluding carboxylic acids is 2. The van der Waals surface area contributed by atoms with Crippen molar-refractivity contribution in [3.8, 4) is 5.75 Å². The lowest BCUT2D eigenvalue weighted by molar-refractivity contribution is -0.132. The van der Waals surface area contributed by atoms with Crippen LogP contribution in [-0.4, -0.2) is 21.9 Å². The summed E-state index contributed by atoms with van der Waals surface area (Å²) in [7, 11) is 0. The van der Waals surface area contributed by atoms with Crippen LogP contribution in [0.2, 0.25) is 0 Å². The van der Waals surface area contributed by atoms with E-state index in [1.807, 2.05) is 13.8 Å². The third-order valence-electron chi connectivity index (χ3n) is 3.74. The highest BCUT2D eigenvalue weighted by Gasteiger charge is 2.23. The highest BCUT2D eigenvalue weighted by molar-refractivity contribution is 9.12. The number of halogens is 2. The van der Waals surface area contributed by atoms with E-state index in [0.717, 1.165) is 39.6 Å². The van der Waals surface area contributed by atoms with Gasteiger partial charge in [-0.05, 0) is 60.2 Å². The van der Waals surface area contributed by atoms with Gasteiger partial charge in [-0.1, -0.05) is 31.9 Å². The molecule has 1 aromatic carbocycles. The Bertz CT molecular complexity index is 662. The molecule has 1 atom stereocenters. The van der Waals surface area contributed by atoms with Crippen LogP contribution >= 0.6 is 31.9 Å². The van der Waals surface area contributed by atoms with Gasteiger partial charge < -0.3 is 4.74 Å². The van der Waals surface area contributed by atoms with Crippen molar-refractivity contribution >= 4 is 49.2 Å². The van der Waals surface area contributed by atoms with Gasteiger partial charge in [-0.15, -0.1) is 0 Å². The number of hydrogen-bond donors (Lipinski definition) is 0. The first-order valence-electron chi connectivity index (χ1n) is 7.08. The molecule has 0 radical (unpaired) electrons. The van der Waals surface area contributed by atoms with Crippen molar-refractivity contribution in [1.82, 2.24) is 0 Å². The average Bonchev–Trinajstić information content (AvgIpc) is 2.43. The Balaban J connectivity index is 2.60. The van der Waals surface area contributed by atoms with Gasteiger partial charge in [0.2, 0.25) is 0 Å². The molecule has 0 saturated heterocycles. The average molecular weight is 430 g/mol. The maximum Gasteiger partial charge on any atom is 0.308 e. The third-order valence-corrected chi connectivity index (χ3v) is 6.03. The molecule has 118 valence electrons. The minimum Gasteiger partial charge on any atom is -0.426 e. The Morgan fingerprint density at radius 1 is 1.41 bits per heavy atom. The van der Waals surface area contributed by atoms with E-state index in [1.165, 1.54) is 6.92 Å². The van der Waals surface area contributed by atoms with Crippen LogP contribution in [0.15, 0.2) is 12.1 Å². The zero-order chi connectivity index (χ0) is 16.4. The van der Waals surface area contributed by atoms with Crippen LogP contribution in [-0.2, 0) is 22.4 Å². The Kier molecular flexibility index (Phi) is 5.61. The molecule has 0 bridgehead atoms. The number of esters is 1. The summed E-state index contributed by atoms with van der Waals surface area (Å²) in [6.07, 6.45) is 2.79. The van der Waals surface area contributed by atoms with Gasteiger partial charge in [0, 0.05) is 23.5 Å². The molecule has 0 heterocycles. The van der Waals surface area contributed by atoms with Gasteiger partial charge >= 0.3 is 5.97 Å². The van der Waals surface area contributed by atoms with E-state index in [0.29, 0.717) is 12.2 Å². The summed E-state index contributed by atoms with van der Waals surface area (Å²) in [5.74, 6) is 0.344. The first-order valence-corrected chi connectivity index (χ1v) is 9.12. The van der Waals surface area contributed by atoms with Crippen molar-refractivity contribution in [2.45, 2.75) is 38.4 Å². The lowest BCUT2D eigenvalue weighted by Crippen LogP contribution is -2.16. The highest BCUT2D eigenvalue weighted by atomic mass is 79.9. The van der Waals surface area contributed by atoms with Gasteiger partial charge in [-0.2, -0.15) is 0 Å². The molecule has 0 amide bonds. The fourth-order valence-electron chi connectivity index (χ4n) is 2.76. The molecule has 0 aliphatic heterocycles. The fourth-order valence-corrected chi connectivity index (χ4v) is 3.34. The molecule has 2 rings (SSSR count). The molecular weight excluding hydrogens is 412 g/mol. The first-order chi connectivity index (χ1) is 10.3. The number of ether oxygens (including phenoxy) is 1. The third kappa shape index (κ3) is 3.69. The largest absolute Gasteiger partial charge is 0.426 e. The number of fused-ring (bicyclic) bond motifs is 1. The molecule has 0 saturated carbocycles. The molecule has 0 N–H and O–H groups in total. The summed E-state index contributed by atoms with van der Waals surface area (Å²) in [5, 5.41) is 0.802. The second-order valence-electron chi connectivity index (χ2n) is 5.54. The van der Waals surface area contributed by atoms with Crippen molar-refractivity contribution in [1.29, 1.82) is 0 Å². The number of rotatable bonds is 4. The Morgan fingerprint density at radius 3 is 2.68 bits per heavy atom. The standard InChI is InChI=1S/C17H18Br2O3/c1-9-4-14(21)7-16-10(2)17(22-11(3)20)12(6-15(9)16)5-13(19)8-18/h4,6,13H,5,7-8H2,1-3H3/t13-/m1/s1. The van der Waals surface area contributed by atoms with E-state index in [9.17, 15) is 9.59 Å². The van der Waals surface area contributed by atoms with Crippen LogP contribution in [0.25, 0.3) is 5.57 Å². The number of allylic oxidation sites excluding steroid dienone is 2. The van der Waals surface area contributed by atoms with Crippen LogP contribution in [0.3, 0.4) is 0 Å². The van der Waals surface area contributed by atoms with E-state index >= 15 is 0 Å². The van der Waals surface area contributed by atoms with Crippen LogP contribution in [0, 0.1) is 6.92 Å². The predicted molar refractivity (Wildman–Crippen MR) is 95.1 cm³/mol. The summed E-state index contributed by atoms with van der Waals surface area (Å²) in [5.41, 5.74) is 4.88. The zero-order valence-corrected chi connectivity index (χ0v) is 16.0. The molecule has 0 spiro atoms. The fraction of sp³-hybridized carbons (Fsp3) is 0.412. The van der Waals surface area contributed by atoms with Crippen molar-refractivity contribution < 1.29 is 14.3 Å². The summed E-state index contributed by atoms with van der Waals surface area (Å²) in [4.78, 5) is 23.5. The van der Waals surface area contributed by atoms with Crippen molar-refractivity contribution in [2.24, 2.45) is 0 Å². The molecule has 22 heavy (non-hydrogen) atoms. The second kappa shape index (κ2) is 7.09. The number of carbonyl (C=O) groups is 2. The van der Waals surface area contributed by atoms with Crippen LogP contribution in [0.4, 0.5) is 0 Å². The molecule has 0 unspecified atom stereocenters. The maximum absolute atomic E-state index is 11.8. The first kappa shape index (κ1) is 17.4.